The summed E-state index contributed by atoms with van der Waals surface area (Å²) in [5.41, 5.74) is 3.81. The fourth-order valence-corrected chi connectivity index (χ4v) is 4.48. The van der Waals surface area contributed by atoms with E-state index in [1.165, 1.54) is 73.7 Å². The molecule has 1 aliphatic rings. The van der Waals surface area contributed by atoms with E-state index in [2.05, 4.69) is 34.5 Å². The van der Waals surface area contributed by atoms with Crippen molar-refractivity contribution in [2.24, 2.45) is 0 Å². The summed E-state index contributed by atoms with van der Waals surface area (Å²) >= 11 is 1.34. The predicted octanol–water partition coefficient (Wildman–Crippen LogP) is 6.31. The van der Waals surface area contributed by atoms with Crippen molar-refractivity contribution < 1.29 is 9.18 Å². The highest BCUT2D eigenvalue weighted by Crippen LogP contribution is 2.33. The first-order chi connectivity index (χ1) is 14.2. The summed E-state index contributed by atoms with van der Waals surface area (Å²) in [7, 11) is 0. The molecule has 0 atom stereocenters. The van der Waals surface area contributed by atoms with Gasteiger partial charge in [0.2, 0.25) is 0 Å². The van der Waals surface area contributed by atoms with E-state index in [9.17, 15) is 9.18 Å². The summed E-state index contributed by atoms with van der Waals surface area (Å²) in [5.74, 6) is 0.540. The lowest BCUT2D eigenvalue weighted by atomic mass is 9.84. The van der Waals surface area contributed by atoms with Gasteiger partial charge in [0.05, 0.1) is 11.4 Å². The van der Waals surface area contributed by atoms with Crippen molar-refractivity contribution in [3.05, 3.63) is 77.6 Å². The average molecular weight is 407 g/mol. The predicted molar refractivity (Wildman–Crippen MR) is 115 cm³/mol. The van der Waals surface area contributed by atoms with Crippen LogP contribution in [0.1, 0.15) is 53.9 Å². The summed E-state index contributed by atoms with van der Waals surface area (Å²) in [6, 6.07) is 18.1. The van der Waals surface area contributed by atoms with E-state index in [0.29, 0.717) is 16.5 Å². The number of aromatic nitrogens is 2. The van der Waals surface area contributed by atoms with Crippen molar-refractivity contribution in [3.8, 4) is 11.3 Å². The van der Waals surface area contributed by atoms with Gasteiger partial charge in [-0.2, -0.15) is 0 Å². The van der Waals surface area contributed by atoms with Crippen molar-refractivity contribution in [1.82, 2.24) is 10.2 Å². The molecule has 0 bridgehead atoms. The van der Waals surface area contributed by atoms with Crippen LogP contribution in [0.15, 0.2) is 65.7 Å². The number of rotatable bonds is 6. The summed E-state index contributed by atoms with van der Waals surface area (Å²) in [6.45, 7) is 0. The van der Waals surface area contributed by atoms with Gasteiger partial charge in [0.1, 0.15) is 10.8 Å². The van der Waals surface area contributed by atoms with Crippen molar-refractivity contribution >= 4 is 17.5 Å². The lowest BCUT2D eigenvalue weighted by Gasteiger charge is -2.22. The number of carbonyl (C=O) groups excluding carboxylic acids is 1. The second kappa shape index (κ2) is 9.31. The molecule has 0 radical (unpaired) electrons. The first-order valence-corrected chi connectivity index (χ1v) is 11.0. The van der Waals surface area contributed by atoms with Crippen LogP contribution in [-0.2, 0) is 0 Å². The van der Waals surface area contributed by atoms with E-state index < -0.39 is 0 Å². The zero-order chi connectivity index (χ0) is 20.1. The number of hydrogen-bond donors (Lipinski definition) is 0. The van der Waals surface area contributed by atoms with E-state index in [-0.39, 0.29) is 17.4 Å². The normalized spacial score (nSPS) is 14.7. The zero-order valence-corrected chi connectivity index (χ0v) is 17.0. The van der Waals surface area contributed by atoms with Crippen molar-refractivity contribution in [2.75, 3.05) is 5.75 Å². The van der Waals surface area contributed by atoms with E-state index in [1.807, 2.05) is 12.1 Å². The molecule has 1 saturated carbocycles. The largest absolute Gasteiger partial charge is 0.293 e. The lowest BCUT2D eigenvalue weighted by Crippen LogP contribution is -2.04. The fourth-order valence-electron chi connectivity index (χ4n) is 3.77. The highest BCUT2D eigenvalue weighted by molar-refractivity contribution is 7.99. The summed E-state index contributed by atoms with van der Waals surface area (Å²) in [4.78, 5) is 12.2. The van der Waals surface area contributed by atoms with Crippen LogP contribution in [0.3, 0.4) is 0 Å². The summed E-state index contributed by atoms with van der Waals surface area (Å²) < 4.78 is 13.0. The maximum atomic E-state index is 13.0. The Morgan fingerprint density at radius 2 is 1.62 bits per heavy atom. The van der Waals surface area contributed by atoms with Gasteiger partial charge in [-0.1, -0.05) is 55.3 Å². The minimum absolute atomic E-state index is 0.0563. The lowest BCUT2D eigenvalue weighted by molar-refractivity contribution is 0.102. The van der Waals surface area contributed by atoms with E-state index in [0.717, 1.165) is 11.3 Å². The molecule has 5 heteroatoms. The second-order valence-electron chi connectivity index (χ2n) is 7.43. The van der Waals surface area contributed by atoms with Gasteiger partial charge in [-0.3, -0.25) is 4.79 Å². The summed E-state index contributed by atoms with van der Waals surface area (Å²) in [5, 5.41) is 9.27. The maximum absolute atomic E-state index is 13.0. The first kappa shape index (κ1) is 19.8. The van der Waals surface area contributed by atoms with Crippen molar-refractivity contribution in [2.45, 2.75) is 43.0 Å². The second-order valence-corrected chi connectivity index (χ2v) is 8.43. The molecule has 0 spiro atoms. The molecule has 3 nitrogen and oxygen atoms in total. The SMILES string of the molecule is O=C(CSc1ccc(-c2ccc(C3CCCCC3)cc2)nn1)c1ccc(F)cc1. The van der Waals surface area contributed by atoms with E-state index >= 15 is 0 Å². The van der Waals surface area contributed by atoms with Crippen LogP contribution in [0.5, 0.6) is 0 Å². The minimum atomic E-state index is -0.345. The smallest absolute Gasteiger partial charge is 0.173 e. The highest BCUT2D eigenvalue weighted by Gasteiger charge is 2.15. The number of halogens is 1. The maximum Gasteiger partial charge on any atom is 0.173 e. The number of carbonyl (C=O) groups is 1. The molecule has 148 valence electrons. The number of thioether (sulfide) groups is 1. The van der Waals surface area contributed by atoms with Gasteiger partial charge in [-0.25, -0.2) is 4.39 Å². The number of hydrogen-bond acceptors (Lipinski definition) is 4. The standard InChI is InChI=1S/C24H23FN2OS/c25-21-12-10-20(11-13-21)23(28)16-29-24-15-14-22(26-27-24)19-8-6-18(7-9-19)17-4-2-1-3-5-17/h6-15,17H,1-5,16H2. The Morgan fingerprint density at radius 3 is 2.28 bits per heavy atom. The molecule has 1 heterocycles. The molecule has 0 amide bonds. The molecule has 1 fully saturated rings. The van der Waals surface area contributed by atoms with Gasteiger partial charge in [0.15, 0.2) is 5.78 Å². The molecule has 0 saturated heterocycles. The molecule has 0 aliphatic heterocycles. The molecule has 1 aliphatic carbocycles. The number of benzene rings is 2. The minimum Gasteiger partial charge on any atom is -0.293 e. The summed E-state index contributed by atoms with van der Waals surface area (Å²) in [6.07, 6.45) is 6.62. The van der Waals surface area contributed by atoms with Crippen LogP contribution < -0.4 is 0 Å². The Bertz CT molecular complexity index is 950. The Morgan fingerprint density at radius 1 is 0.897 bits per heavy atom. The molecule has 2 aromatic carbocycles. The first-order valence-electron chi connectivity index (χ1n) is 10.0. The molecule has 1 aromatic heterocycles. The van der Waals surface area contributed by atoms with Crippen LogP contribution in [0.25, 0.3) is 11.3 Å². The molecular formula is C24H23FN2OS. The van der Waals surface area contributed by atoms with E-state index in [4.69, 9.17) is 0 Å². The van der Waals surface area contributed by atoms with Gasteiger partial charge < -0.3 is 0 Å². The number of Topliss-reactive ketones (excluding diaryl/α,β-unsaturated/α-hetero) is 1. The Balaban J connectivity index is 1.36. The quantitative estimate of drug-likeness (QED) is 0.356. The molecular weight excluding hydrogens is 383 g/mol. The third kappa shape index (κ3) is 5.10. The number of nitrogens with zero attached hydrogens (tertiary/aromatic N) is 2. The average Bonchev–Trinajstić information content (AvgIpc) is 2.79. The monoisotopic (exact) mass is 406 g/mol. The van der Waals surface area contributed by atoms with Gasteiger partial charge in [0.25, 0.3) is 0 Å². The number of ketones is 1. The molecule has 4 rings (SSSR count). The zero-order valence-electron chi connectivity index (χ0n) is 16.2. The molecule has 0 unspecified atom stereocenters. The third-order valence-electron chi connectivity index (χ3n) is 5.44. The van der Waals surface area contributed by atoms with Crippen LogP contribution in [-0.4, -0.2) is 21.7 Å². The van der Waals surface area contributed by atoms with Gasteiger partial charge in [0, 0.05) is 11.1 Å². The topological polar surface area (TPSA) is 42.9 Å². The third-order valence-corrected chi connectivity index (χ3v) is 6.36. The Kier molecular flexibility index (Phi) is 6.35. The molecule has 0 N–H and O–H groups in total. The molecule has 3 aromatic rings. The molecule has 29 heavy (non-hydrogen) atoms. The van der Waals surface area contributed by atoms with Gasteiger partial charge >= 0.3 is 0 Å². The van der Waals surface area contributed by atoms with Gasteiger partial charge in [-0.15, -0.1) is 10.2 Å². The van der Waals surface area contributed by atoms with Gasteiger partial charge in [-0.05, 0) is 60.7 Å². The Hall–Kier alpha value is -2.53. The Labute approximate surface area is 174 Å². The van der Waals surface area contributed by atoms with Crippen LogP contribution >= 0.6 is 11.8 Å². The van der Waals surface area contributed by atoms with Crippen LogP contribution in [0.2, 0.25) is 0 Å². The van der Waals surface area contributed by atoms with Crippen LogP contribution in [0.4, 0.5) is 4.39 Å². The fraction of sp³-hybridized carbons (Fsp3) is 0.292. The highest BCUT2D eigenvalue weighted by atomic mass is 32.2. The van der Waals surface area contributed by atoms with Crippen molar-refractivity contribution in [3.63, 3.8) is 0 Å². The van der Waals surface area contributed by atoms with Crippen LogP contribution in [0, 0.1) is 5.82 Å². The van der Waals surface area contributed by atoms with Crippen molar-refractivity contribution in [1.29, 1.82) is 0 Å². The van der Waals surface area contributed by atoms with E-state index in [1.54, 1.807) is 0 Å².